The monoisotopic (exact) mass is 399 g/mol. The van der Waals surface area contributed by atoms with Crippen molar-refractivity contribution in [3.63, 3.8) is 0 Å². The summed E-state index contributed by atoms with van der Waals surface area (Å²) in [6.07, 6.45) is 21.8. The van der Waals surface area contributed by atoms with E-state index in [1.54, 1.807) is 0 Å². The number of allylic oxidation sites excluding steroid dienone is 2. The minimum atomic E-state index is -3.51. The molecule has 1 radical (unpaired) electrons. The first-order valence-electron chi connectivity index (χ1n) is 10.3. The zero-order valence-corrected chi connectivity index (χ0v) is 20.1. The predicted molar refractivity (Wildman–Crippen MR) is 112 cm³/mol. The molecule has 0 aromatic carbocycles. The Morgan fingerprint density at radius 2 is 1.23 bits per heavy atom. The number of unbranched alkanes of at least 4 members (excludes halogenated alkanes) is 12. The minimum Gasteiger partial charge on any atom is -0.395 e. The second-order valence-electron chi connectivity index (χ2n) is 6.75. The Morgan fingerprint density at radius 1 is 0.769 bits per heavy atom. The van der Waals surface area contributed by atoms with Crippen molar-refractivity contribution in [1.82, 2.24) is 0 Å². The van der Waals surface area contributed by atoms with E-state index in [1.165, 1.54) is 70.6 Å². The zero-order chi connectivity index (χ0) is 18.6. The molecule has 151 valence electrons. The molecule has 4 nitrogen and oxygen atoms in total. The third-order valence-electron chi connectivity index (χ3n) is 4.26. The van der Waals surface area contributed by atoms with Crippen LogP contribution in [0.1, 0.15) is 96.8 Å². The molecule has 0 aliphatic rings. The van der Waals surface area contributed by atoms with Crippen LogP contribution in [-0.2, 0) is 14.3 Å². The predicted octanol–water partition coefficient (Wildman–Crippen LogP) is 4.98. The number of aliphatic hydroxyl groups excluding tert-OH is 1. The van der Waals surface area contributed by atoms with Crippen molar-refractivity contribution >= 4 is 39.7 Å². The Morgan fingerprint density at radius 3 is 1.73 bits per heavy atom. The van der Waals surface area contributed by atoms with Gasteiger partial charge in [0.05, 0.1) is 19.0 Å². The van der Waals surface area contributed by atoms with Gasteiger partial charge in [-0.2, -0.15) is 8.42 Å². The molecule has 0 spiro atoms. The van der Waals surface area contributed by atoms with Crippen LogP contribution in [0.4, 0.5) is 0 Å². The second kappa shape index (κ2) is 21.9. The van der Waals surface area contributed by atoms with Crippen LogP contribution in [0, 0.1) is 0 Å². The van der Waals surface area contributed by atoms with Gasteiger partial charge in [0, 0.05) is 29.6 Å². The number of aliphatic hydroxyl groups is 1. The number of hydrogen-bond acceptors (Lipinski definition) is 4. The van der Waals surface area contributed by atoms with Crippen molar-refractivity contribution in [2.24, 2.45) is 0 Å². The maximum Gasteiger partial charge on any atom is 0.269 e. The smallest absolute Gasteiger partial charge is 0.269 e. The maximum absolute atomic E-state index is 11.2. The molecule has 0 rings (SSSR count). The Balaban J connectivity index is 0. The van der Waals surface area contributed by atoms with Gasteiger partial charge in [0.2, 0.25) is 0 Å². The van der Waals surface area contributed by atoms with Gasteiger partial charge < -0.3 is 5.11 Å². The van der Waals surface area contributed by atoms with Crippen molar-refractivity contribution in [1.29, 1.82) is 0 Å². The van der Waals surface area contributed by atoms with Crippen LogP contribution >= 0.6 is 0 Å². The molecule has 0 bridgehead atoms. The van der Waals surface area contributed by atoms with E-state index < -0.39 is 10.1 Å². The molecule has 0 unspecified atom stereocenters. The van der Waals surface area contributed by atoms with Crippen molar-refractivity contribution in [3.8, 4) is 0 Å². The number of hydrogen-bond donors (Lipinski definition) is 1. The topological polar surface area (TPSA) is 63.6 Å². The van der Waals surface area contributed by atoms with Crippen molar-refractivity contribution in [2.75, 3.05) is 19.0 Å². The van der Waals surface area contributed by atoms with Gasteiger partial charge in [0.15, 0.2) is 0 Å². The van der Waals surface area contributed by atoms with Gasteiger partial charge in [-0.1, -0.05) is 76.9 Å². The van der Waals surface area contributed by atoms with Gasteiger partial charge >= 0.3 is 0 Å². The van der Waals surface area contributed by atoms with Crippen molar-refractivity contribution in [2.45, 2.75) is 96.8 Å². The van der Waals surface area contributed by atoms with E-state index in [-0.39, 0.29) is 48.5 Å². The van der Waals surface area contributed by atoms with Crippen LogP contribution in [0.25, 0.3) is 0 Å². The van der Waals surface area contributed by atoms with Gasteiger partial charge in [-0.3, -0.25) is 4.18 Å². The summed E-state index contributed by atoms with van der Waals surface area (Å²) in [5, 5.41) is 8.58. The van der Waals surface area contributed by atoms with Gasteiger partial charge in [0.25, 0.3) is 10.1 Å². The summed E-state index contributed by atoms with van der Waals surface area (Å²) >= 11 is 0. The van der Waals surface area contributed by atoms with Gasteiger partial charge in [-0.25, -0.2) is 0 Å². The van der Waals surface area contributed by atoms with E-state index in [0.717, 1.165) is 19.3 Å². The van der Waals surface area contributed by atoms with E-state index in [1.807, 2.05) is 0 Å². The quantitative estimate of drug-likeness (QED) is 0.144. The van der Waals surface area contributed by atoms with Gasteiger partial charge in [0.1, 0.15) is 0 Å². The summed E-state index contributed by atoms with van der Waals surface area (Å²) in [4.78, 5) is 0. The molecular formula is C20H40NaO4S. The van der Waals surface area contributed by atoms with Crippen molar-refractivity contribution < 1.29 is 17.7 Å². The molecule has 0 heterocycles. The molecule has 0 fully saturated rings. The fourth-order valence-electron chi connectivity index (χ4n) is 2.71. The van der Waals surface area contributed by atoms with Crippen molar-refractivity contribution in [3.05, 3.63) is 12.2 Å². The summed E-state index contributed by atoms with van der Waals surface area (Å²) in [6, 6.07) is 0. The molecule has 26 heavy (non-hydrogen) atoms. The van der Waals surface area contributed by atoms with Gasteiger partial charge in [-0.05, 0) is 32.1 Å². The van der Waals surface area contributed by atoms with Crippen LogP contribution in [-0.4, -0.2) is 62.0 Å². The van der Waals surface area contributed by atoms with Crippen LogP contribution in [0.5, 0.6) is 0 Å². The Bertz CT molecular complexity index is 397. The Hall–Kier alpha value is 0.610. The molecule has 0 aromatic rings. The molecule has 0 aliphatic carbocycles. The standard InChI is InChI=1S/C20H40O4S.Na/c1-2-3-4-5-6-7-8-9-10-11-12-13-14-15-16-17-19-24-25(22,23)20-18-21;/h9-10,21H,2-8,11-20H2,1H3;/b10-9-;. The Labute approximate surface area is 184 Å². The first-order valence-corrected chi connectivity index (χ1v) is 11.8. The number of rotatable bonds is 19. The fraction of sp³-hybridized carbons (Fsp3) is 0.900. The minimum absolute atomic E-state index is 0. The van der Waals surface area contributed by atoms with E-state index >= 15 is 0 Å². The van der Waals surface area contributed by atoms with Crippen LogP contribution in [0.3, 0.4) is 0 Å². The Kier molecular flexibility index (Phi) is 24.3. The largest absolute Gasteiger partial charge is 0.395 e. The molecule has 0 aromatic heterocycles. The fourth-order valence-corrected chi connectivity index (χ4v) is 3.42. The van der Waals surface area contributed by atoms with Crippen LogP contribution in [0.2, 0.25) is 0 Å². The third-order valence-corrected chi connectivity index (χ3v) is 5.47. The summed E-state index contributed by atoms with van der Waals surface area (Å²) in [6.45, 7) is 2.12. The molecule has 0 saturated heterocycles. The molecule has 0 aliphatic heterocycles. The summed E-state index contributed by atoms with van der Waals surface area (Å²) < 4.78 is 27.2. The first-order chi connectivity index (χ1) is 12.1. The van der Waals surface area contributed by atoms with E-state index in [9.17, 15) is 8.42 Å². The SMILES string of the molecule is CCCCCCCC/C=C\CCCCCCCCOS(=O)(=O)CCO.[Na]. The molecule has 6 heteroatoms. The molecule has 0 saturated carbocycles. The summed E-state index contributed by atoms with van der Waals surface area (Å²) in [5.41, 5.74) is 0. The maximum atomic E-state index is 11.2. The summed E-state index contributed by atoms with van der Waals surface area (Å²) in [5.74, 6) is -0.306. The van der Waals surface area contributed by atoms with Crippen LogP contribution in [0.15, 0.2) is 12.2 Å². The zero-order valence-electron chi connectivity index (χ0n) is 17.3. The van der Waals surface area contributed by atoms with Crippen LogP contribution < -0.4 is 0 Å². The molecular weight excluding hydrogens is 359 g/mol. The average molecular weight is 400 g/mol. The molecule has 0 atom stereocenters. The third kappa shape index (κ3) is 22.7. The first kappa shape index (κ1) is 28.8. The van der Waals surface area contributed by atoms with Gasteiger partial charge in [-0.15, -0.1) is 0 Å². The summed E-state index contributed by atoms with van der Waals surface area (Å²) in [7, 11) is -3.51. The molecule has 0 amide bonds. The second-order valence-corrected chi connectivity index (χ2v) is 8.50. The normalized spacial score (nSPS) is 11.8. The average Bonchev–Trinajstić information content (AvgIpc) is 2.57. The van der Waals surface area contributed by atoms with E-state index in [4.69, 9.17) is 9.29 Å². The van der Waals surface area contributed by atoms with E-state index in [0.29, 0.717) is 0 Å². The molecule has 1 N–H and O–H groups in total. The van der Waals surface area contributed by atoms with E-state index in [2.05, 4.69) is 19.1 Å².